The number of rotatable bonds is 2. The summed E-state index contributed by atoms with van der Waals surface area (Å²) in [6.07, 6.45) is 0. The van der Waals surface area contributed by atoms with Crippen LogP contribution in [0.4, 0.5) is 25.8 Å². The van der Waals surface area contributed by atoms with E-state index in [1.54, 1.807) is 18.2 Å². The van der Waals surface area contributed by atoms with Crippen molar-refractivity contribution in [2.45, 2.75) is 0 Å². The van der Waals surface area contributed by atoms with Crippen LogP contribution in [0.1, 0.15) is 0 Å². The second-order valence-electron chi connectivity index (χ2n) is 3.49. The van der Waals surface area contributed by atoms with E-state index in [4.69, 9.17) is 5.73 Å². The van der Waals surface area contributed by atoms with Crippen LogP contribution in [0.3, 0.4) is 0 Å². The van der Waals surface area contributed by atoms with Gasteiger partial charge in [-0.3, -0.25) is 0 Å². The number of nitrogen functional groups attached to an aromatic ring is 1. The Balaban J connectivity index is 2.28. The van der Waals surface area contributed by atoms with Gasteiger partial charge in [0.2, 0.25) is 0 Å². The van der Waals surface area contributed by atoms with E-state index in [2.05, 4.69) is 21.2 Å². The highest BCUT2D eigenvalue weighted by molar-refractivity contribution is 9.10. The van der Waals surface area contributed by atoms with Crippen molar-refractivity contribution in [1.82, 2.24) is 0 Å². The van der Waals surface area contributed by atoms with Gasteiger partial charge in [-0.15, -0.1) is 0 Å². The minimum Gasteiger partial charge on any atom is -0.399 e. The average Bonchev–Trinajstić information content (AvgIpc) is 2.27. The van der Waals surface area contributed by atoms with Gasteiger partial charge in [-0.2, -0.15) is 0 Å². The Kier molecular flexibility index (Phi) is 3.28. The molecule has 0 heterocycles. The Morgan fingerprint density at radius 2 is 1.76 bits per heavy atom. The maximum atomic E-state index is 13.0. The summed E-state index contributed by atoms with van der Waals surface area (Å²) < 4.78 is 26.5. The molecule has 0 bridgehead atoms. The molecular formula is C12H9BrF2N2. The lowest BCUT2D eigenvalue weighted by molar-refractivity contribution is 0.509. The molecule has 0 aromatic heterocycles. The van der Waals surface area contributed by atoms with E-state index in [1.807, 2.05) is 0 Å². The fourth-order valence-corrected chi connectivity index (χ4v) is 1.86. The van der Waals surface area contributed by atoms with Crippen molar-refractivity contribution in [3.8, 4) is 0 Å². The third-order valence-corrected chi connectivity index (χ3v) is 2.85. The van der Waals surface area contributed by atoms with Crippen molar-refractivity contribution in [1.29, 1.82) is 0 Å². The van der Waals surface area contributed by atoms with Crippen molar-refractivity contribution in [3.05, 3.63) is 52.5 Å². The lowest BCUT2D eigenvalue weighted by Gasteiger charge is -2.09. The van der Waals surface area contributed by atoms with E-state index in [0.717, 1.165) is 22.3 Å². The molecule has 0 unspecified atom stereocenters. The smallest absolute Gasteiger partial charge is 0.160 e. The van der Waals surface area contributed by atoms with Crippen molar-refractivity contribution in [2.75, 3.05) is 11.1 Å². The normalized spacial score (nSPS) is 10.3. The van der Waals surface area contributed by atoms with E-state index >= 15 is 0 Å². The average molecular weight is 299 g/mol. The minimum atomic E-state index is -0.887. The summed E-state index contributed by atoms with van der Waals surface area (Å²) in [7, 11) is 0. The topological polar surface area (TPSA) is 38.0 Å². The molecule has 2 aromatic carbocycles. The van der Waals surface area contributed by atoms with Gasteiger partial charge in [-0.25, -0.2) is 8.78 Å². The van der Waals surface area contributed by atoms with E-state index in [9.17, 15) is 8.78 Å². The Morgan fingerprint density at radius 3 is 2.41 bits per heavy atom. The Bertz CT molecular complexity index is 558. The Morgan fingerprint density at radius 1 is 1.00 bits per heavy atom. The highest BCUT2D eigenvalue weighted by Gasteiger charge is 2.04. The summed E-state index contributed by atoms with van der Waals surface area (Å²) in [6, 6.07) is 8.82. The lowest BCUT2D eigenvalue weighted by atomic mass is 10.2. The molecule has 2 nitrogen and oxygen atoms in total. The second kappa shape index (κ2) is 4.71. The van der Waals surface area contributed by atoms with Crippen LogP contribution < -0.4 is 11.1 Å². The fraction of sp³-hybridized carbons (Fsp3) is 0. The standard InChI is InChI=1S/C12H9BrF2N2/c13-9-5-7(16)1-4-12(9)17-8-2-3-10(14)11(15)6-8/h1-6,17H,16H2. The predicted octanol–water partition coefficient (Wildman–Crippen LogP) is 4.05. The molecule has 0 aliphatic rings. The van der Waals surface area contributed by atoms with Crippen LogP contribution in [-0.2, 0) is 0 Å². The summed E-state index contributed by atoms with van der Waals surface area (Å²) in [5, 5.41) is 2.96. The van der Waals surface area contributed by atoms with Crippen molar-refractivity contribution in [3.63, 3.8) is 0 Å². The van der Waals surface area contributed by atoms with E-state index in [1.165, 1.54) is 6.07 Å². The van der Waals surface area contributed by atoms with Gasteiger partial charge in [0.1, 0.15) is 0 Å². The molecule has 0 saturated heterocycles. The van der Waals surface area contributed by atoms with Gasteiger partial charge in [-0.05, 0) is 46.3 Å². The third kappa shape index (κ3) is 2.74. The molecule has 5 heteroatoms. The number of nitrogens with two attached hydrogens (primary N) is 1. The van der Waals surface area contributed by atoms with Crippen LogP contribution in [0.2, 0.25) is 0 Å². The maximum Gasteiger partial charge on any atom is 0.160 e. The SMILES string of the molecule is Nc1ccc(Nc2ccc(F)c(F)c2)c(Br)c1. The molecular weight excluding hydrogens is 290 g/mol. The monoisotopic (exact) mass is 298 g/mol. The molecule has 0 amide bonds. The fourth-order valence-electron chi connectivity index (χ4n) is 1.36. The molecule has 0 fully saturated rings. The Hall–Kier alpha value is -1.62. The first-order valence-corrected chi connectivity index (χ1v) is 5.62. The summed E-state index contributed by atoms with van der Waals surface area (Å²) in [5.41, 5.74) is 7.41. The number of benzene rings is 2. The Labute approximate surface area is 106 Å². The predicted molar refractivity (Wildman–Crippen MR) is 68.2 cm³/mol. The van der Waals surface area contributed by atoms with Crippen LogP contribution in [-0.4, -0.2) is 0 Å². The summed E-state index contributed by atoms with van der Waals surface area (Å²) in [6.45, 7) is 0. The first-order chi connectivity index (χ1) is 8.06. The lowest BCUT2D eigenvalue weighted by Crippen LogP contribution is -1.94. The van der Waals surface area contributed by atoms with Crippen LogP contribution >= 0.6 is 15.9 Å². The van der Waals surface area contributed by atoms with Gasteiger partial charge in [0.15, 0.2) is 11.6 Å². The van der Waals surface area contributed by atoms with Gasteiger partial charge in [0, 0.05) is 21.9 Å². The molecule has 0 atom stereocenters. The second-order valence-corrected chi connectivity index (χ2v) is 4.35. The van der Waals surface area contributed by atoms with Gasteiger partial charge in [-0.1, -0.05) is 0 Å². The zero-order valence-electron chi connectivity index (χ0n) is 8.68. The number of anilines is 3. The van der Waals surface area contributed by atoms with Gasteiger partial charge >= 0.3 is 0 Å². The summed E-state index contributed by atoms with van der Waals surface area (Å²) in [4.78, 5) is 0. The number of nitrogens with one attached hydrogen (secondary N) is 1. The molecule has 2 aromatic rings. The molecule has 0 aliphatic heterocycles. The van der Waals surface area contributed by atoms with Crippen LogP contribution in [0.5, 0.6) is 0 Å². The first-order valence-electron chi connectivity index (χ1n) is 4.83. The van der Waals surface area contributed by atoms with Crippen molar-refractivity contribution >= 4 is 33.0 Å². The van der Waals surface area contributed by atoms with E-state index in [-0.39, 0.29) is 0 Å². The summed E-state index contributed by atoms with van der Waals surface area (Å²) >= 11 is 3.33. The summed E-state index contributed by atoms with van der Waals surface area (Å²) in [5.74, 6) is -1.76. The van der Waals surface area contributed by atoms with Gasteiger partial charge in [0.05, 0.1) is 5.69 Å². The molecule has 0 aliphatic carbocycles. The van der Waals surface area contributed by atoms with Crippen molar-refractivity contribution in [2.24, 2.45) is 0 Å². The number of halogens is 3. The van der Waals surface area contributed by atoms with E-state index < -0.39 is 11.6 Å². The largest absolute Gasteiger partial charge is 0.399 e. The van der Waals surface area contributed by atoms with Gasteiger partial charge in [0.25, 0.3) is 0 Å². The zero-order chi connectivity index (χ0) is 12.4. The molecule has 3 N–H and O–H groups in total. The zero-order valence-corrected chi connectivity index (χ0v) is 10.3. The van der Waals surface area contributed by atoms with Crippen LogP contribution in [0.25, 0.3) is 0 Å². The van der Waals surface area contributed by atoms with Crippen LogP contribution in [0, 0.1) is 11.6 Å². The first kappa shape index (κ1) is 11.9. The minimum absolute atomic E-state index is 0.467. The molecule has 0 radical (unpaired) electrons. The molecule has 88 valence electrons. The molecule has 17 heavy (non-hydrogen) atoms. The van der Waals surface area contributed by atoms with Crippen LogP contribution in [0.15, 0.2) is 40.9 Å². The number of hydrogen-bond donors (Lipinski definition) is 2. The van der Waals surface area contributed by atoms with Gasteiger partial charge < -0.3 is 11.1 Å². The third-order valence-electron chi connectivity index (χ3n) is 2.19. The van der Waals surface area contributed by atoms with E-state index in [0.29, 0.717) is 11.4 Å². The molecule has 2 rings (SSSR count). The van der Waals surface area contributed by atoms with Crippen molar-refractivity contribution < 1.29 is 8.78 Å². The maximum absolute atomic E-state index is 13.0. The quantitative estimate of drug-likeness (QED) is 0.821. The number of hydrogen-bond acceptors (Lipinski definition) is 2. The molecule has 0 saturated carbocycles. The molecule has 0 spiro atoms. The highest BCUT2D eigenvalue weighted by atomic mass is 79.9. The highest BCUT2D eigenvalue weighted by Crippen LogP contribution is 2.28.